The number of carboxylic acids is 1. The van der Waals surface area contributed by atoms with Crippen LogP contribution in [0.15, 0.2) is 46.3 Å². The van der Waals surface area contributed by atoms with E-state index in [-0.39, 0.29) is 0 Å². The van der Waals surface area contributed by atoms with Crippen molar-refractivity contribution in [3.63, 3.8) is 0 Å². The summed E-state index contributed by atoms with van der Waals surface area (Å²) in [5.74, 6) is -0.295. The van der Waals surface area contributed by atoms with Gasteiger partial charge < -0.3 is 9.84 Å². The Balaban J connectivity index is 2.04. The zero-order valence-electron chi connectivity index (χ0n) is 10.6. The fraction of sp³-hybridized carbons (Fsp3) is 0.133. The molecule has 0 amide bonds. The Morgan fingerprint density at radius 1 is 1.40 bits per heavy atom. The van der Waals surface area contributed by atoms with E-state index in [9.17, 15) is 4.79 Å². The summed E-state index contributed by atoms with van der Waals surface area (Å²) in [6.45, 7) is 0.566. The van der Waals surface area contributed by atoms with Crippen LogP contribution in [0, 0.1) is 0 Å². The molecule has 1 N–H and O–H groups in total. The van der Waals surface area contributed by atoms with Gasteiger partial charge in [-0.25, -0.2) is 4.79 Å². The first-order valence-electron chi connectivity index (χ1n) is 6.01. The van der Waals surface area contributed by atoms with E-state index in [1.54, 1.807) is 11.3 Å². The van der Waals surface area contributed by atoms with Gasteiger partial charge in [0.05, 0.1) is 6.61 Å². The molecule has 2 aromatic rings. The van der Waals surface area contributed by atoms with Gasteiger partial charge in [0.1, 0.15) is 5.75 Å². The highest BCUT2D eigenvalue weighted by Crippen LogP contribution is 2.25. The molecule has 0 fully saturated rings. The second kappa shape index (κ2) is 7.26. The molecule has 0 aliphatic rings. The van der Waals surface area contributed by atoms with Crippen LogP contribution in [0.25, 0.3) is 6.08 Å². The summed E-state index contributed by atoms with van der Waals surface area (Å²) in [4.78, 5) is 11.9. The van der Waals surface area contributed by atoms with E-state index in [1.807, 2.05) is 29.6 Å². The number of benzene rings is 1. The molecule has 0 saturated heterocycles. The number of ether oxygens (including phenoxy) is 1. The minimum absolute atomic E-state index is 0.566. The third kappa shape index (κ3) is 4.51. The van der Waals surface area contributed by atoms with Gasteiger partial charge in [0.15, 0.2) is 0 Å². The molecule has 1 aromatic carbocycles. The molecular weight excluding hydrogens is 340 g/mol. The van der Waals surface area contributed by atoms with Crippen molar-refractivity contribution in [2.75, 3.05) is 6.61 Å². The number of aliphatic carboxylic acids is 1. The fourth-order valence-electron chi connectivity index (χ4n) is 1.66. The molecule has 1 heterocycles. The lowest BCUT2D eigenvalue weighted by Gasteiger charge is -2.09. The van der Waals surface area contributed by atoms with Crippen LogP contribution in [-0.2, 0) is 11.2 Å². The summed E-state index contributed by atoms with van der Waals surface area (Å²) in [6.07, 6.45) is 3.48. The first-order valence-corrected chi connectivity index (χ1v) is 7.68. The molecule has 0 unspecified atom stereocenters. The summed E-state index contributed by atoms with van der Waals surface area (Å²) < 4.78 is 6.62. The van der Waals surface area contributed by atoms with Crippen molar-refractivity contribution in [2.24, 2.45) is 0 Å². The number of carboxylic acid groups (broad SMARTS) is 1. The monoisotopic (exact) mass is 352 g/mol. The van der Waals surface area contributed by atoms with Crippen molar-refractivity contribution in [1.82, 2.24) is 0 Å². The van der Waals surface area contributed by atoms with Crippen LogP contribution in [0.4, 0.5) is 0 Å². The number of halogens is 1. The SMILES string of the molecule is O=C(O)C=Cc1cc(Br)ccc1OCCc1cccs1. The van der Waals surface area contributed by atoms with Gasteiger partial charge in [0.25, 0.3) is 0 Å². The van der Waals surface area contributed by atoms with Crippen molar-refractivity contribution in [3.05, 3.63) is 56.7 Å². The average Bonchev–Trinajstić information content (AvgIpc) is 2.91. The Labute approximate surface area is 129 Å². The molecule has 5 heteroatoms. The molecule has 0 radical (unpaired) electrons. The minimum atomic E-state index is -0.977. The quantitative estimate of drug-likeness (QED) is 0.791. The predicted molar refractivity (Wildman–Crippen MR) is 84.3 cm³/mol. The molecule has 0 bridgehead atoms. The highest BCUT2D eigenvalue weighted by molar-refractivity contribution is 9.10. The Morgan fingerprint density at radius 3 is 2.95 bits per heavy atom. The Kier molecular flexibility index (Phi) is 5.38. The second-order valence-corrected chi connectivity index (χ2v) is 5.98. The largest absolute Gasteiger partial charge is 0.493 e. The van der Waals surface area contributed by atoms with E-state index < -0.39 is 5.97 Å². The highest BCUT2D eigenvalue weighted by atomic mass is 79.9. The van der Waals surface area contributed by atoms with Crippen LogP contribution in [0.1, 0.15) is 10.4 Å². The summed E-state index contributed by atoms with van der Waals surface area (Å²) >= 11 is 5.07. The Morgan fingerprint density at radius 2 is 2.25 bits per heavy atom. The predicted octanol–water partition coefficient (Wildman–Crippen LogP) is 4.23. The lowest BCUT2D eigenvalue weighted by atomic mass is 10.2. The highest BCUT2D eigenvalue weighted by Gasteiger charge is 2.03. The normalized spacial score (nSPS) is 10.8. The molecule has 0 saturated carbocycles. The Bertz CT molecular complexity index is 606. The van der Waals surface area contributed by atoms with Gasteiger partial charge in [-0.15, -0.1) is 11.3 Å². The molecule has 0 atom stereocenters. The van der Waals surface area contributed by atoms with E-state index in [0.717, 1.165) is 22.5 Å². The van der Waals surface area contributed by atoms with Crippen molar-refractivity contribution in [1.29, 1.82) is 0 Å². The number of hydrogen-bond acceptors (Lipinski definition) is 3. The molecule has 2 rings (SSSR count). The third-order valence-corrected chi connectivity index (χ3v) is 3.99. The van der Waals surface area contributed by atoms with Gasteiger partial charge in [-0.1, -0.05) is 22.0 Å². The van der Waals surface area contributed by atoms with Crippen LogP contribution in [0.3, 0.4) is 0 Å². The number of carbonyl (C=O) groups is 1. The van der Waals surface area contributed by atoms with Gasteiger partial charge in [-0.3, -0.25) is 0 Å². The van der Waals surface area contributed by atoms with Crippen molar-refractivity contribution in [2.45, 2.75) is 6.42 Å². The van der Waals surface area contributed by atoms with Gasteiger partial charge >= 0.3 is 5.97 Å². The molecule has 3 nitrogen and oxygen atoms in total. The maximum absolute atomic E-state index is 10.6. The van der Waals surface area contributed by atoms with E-state index in [1.165, 1.54) is 11.0 Å². The molecule has 0 aliphatic carbocycles. The van der Waals surface area contributed by atoms with Crippen molar-refractivity contribution >= 4 is 39.3 Å². The van der Waals surface area contributed by atoms with E-state index in [0.29, 0.717) is 12.4 Å². The lowest BCUT2D eigenvalue weighted by Crippen LogP contribution is -2.01. The second-order valence-electron chi connectivity index (χ2n) is 4.03. The summed E-state index contributed by atoms with van der Waals surface area (Å²) in [5, 5.41) is 10.7. The van der Waals surface area contributed by atoms with Crippen molar-refractivity contribution in [3.8, 4) is 5.75 Å². The van der Waals surface area contributed by atoms with Crippen LogP contribution >= 0.6 is 27.3 Å². The van der Waals surface area contributed by atoms with E-state index in [4.69, 9.17) is 9.84 Å². The molecule has 0 aliphatic heterocycles. The fourth-order valence-corrected chi connectivity index (χ4v) is 2.73. The average molecular weight is 353 g/mol. The van der Waals surface area contributed by atoms with E-state index in [2.05, 4.69) is 22.0 Å². The topological polar surface area (TPSA) is 46.5 Å². The third-order valence-electron chi connectivity index (χ3n) is 2.56. The van der Waals surface area contributed by atoms with Gasteiger partial charge in [0.2, 0.25) is 0 Å². The maximum Gasteiger partial charge on any atom is 0.328 e. The molecular formula is C15H13BrO3S. The van der Waals surface area contributed by atoms with Crippen LogP contribution in [-0.4, -0.2) is 17.7 Å². The van der Waals surface area contributed by atoms with Crippen LogP contribution in [0.5, 0.6) is 5.75 Å². The smallest absolute Gasteiger partial charge is 0.328 e. The molecule has 20 heavy (non-hydrogen) atoms. The summed E-state index contributed by atoms with van der Waals surface area (Å²) in [5.41, 5.74) is 0.743. The van der Waals surface area contributed by atoms with Crippen LogP contribution < -0.4 is 4.74 Å². The van der Waals surface area contributed by atoms with Crippen molar-refractivity contribution < 1.29 is 14.6 Å². The number of rotatable bonds is 6. The number of thiophene rings is 1. The maximum atomic E-state index is 10.6. The number of hydrogen-bond donors (Lipinski definition) is 1. The van der Waals surface area contributed by atoms with Gasteiger partial charge in [0, 0.05) is 27.4 Å². The molecule has 104 valence electrons. The van der Waals surface area contributed by atoms with Gasteiger partial charge in [-0.2, -0.15) is 0 Å². The van der Waals surface area contributed by atoms with Crippen LogP contribution in [0.2, 0.25) is 0 Å². The standard InChI is InChI=1S/C15H13BrO3S/c16-12-4-5-14(11(10-12)3-6-15(17)18)19-8-7-13-2-1-9-20-13/h1-6,9-10H,7-8H2,(H,17,18). The Hall–Kier alpha value is -1.59. The van der Waals surface area contributed by atoms with E-state index >= 15 is 0 Å². The lowest BCUT2D eigenvalue weighted by molar-refractivity contribution is -0.131. The minimum Gasteiger partial charge on any atom is -0.493 e. The first-order chi connectivity index (χ1) is 9.65. The first kappa shape index (κ1) is 14.8. The summed E-state index contributed by atoms with van der Waals surface area (Å²) in [7, 11) is 0. The zero-order chi connectivity index (χ0) is 14.4. The molecule has 0 spiro atoms. The molecule has 1 aromatic heterocycles. The summed E-state index contributed by atoms with van der Waals surface area (Å²) in [6, 6.07) is 9.63. The van der Waals surface area contributed by atoms with Gasteiger partial charge in [-0.05, 0) is 35.7 Å². The zero-order valence-corrected chi connectivity index (χ0v) is 13.0.